The van der Waals surface area contributed by atoms with Gasteiger partial charge in [-0.05, 0) is 36.8 Å². The molecule has 2 heterocycles. The summed E-state index contributed by atoms with van der Waals surface area (Å²) >= 11 is 1.72. The number of benzene rings is 1. The molecule has 3 aliphatic rings. The van der Waals surface area contributed by atoms with Crippen LogP contribution in [0.3, 0.4) is 0 Å². The topological polar surface area (TPSA) is 60.9 Å². The maximum Gasteiger partial charge on any atom is 0.313 e. The van der Waals surface area contributed by atoms with Gasteiger partial charge < -0.3 is 10.0 Å². The summed E-state index contributed by atoms with van der Waals surface area (Å²) in [6.45, 7) is 3.04. The number of rotatable bonds is 5. The Morgan fingerprint density at radius 1 is 1.27 bits per heavy atom. The van der Waals surface area contributed by atoms with E-state index in [0.717, 1.165) is 32.4 Å². The SMILES string of the molecule is CSc1cccc(CN2CC3CN(C(=O)C4CCC4)C[C@@]3(C(=O)O)C2)c1. The van der Waals surface area contributed by atoms with Gasteiger partial charge in [-0.15, -0.1) is 11.8 Å². The first-order valence-electron chi connectivity index (χ1n) is 9.39. The van der Waals surface area contributed by atoms with Gasteiger partial charge in [-0.1, -0.05) is 18.6 Å². The van der Waals surface area contributed by atoms with Crippen LogP contribution in [-0.2, 0) is 16.1 Å². The van der Waals surface area contributed by atoms with Gasteiger partial charge in [0.05, 0.1) is 0 Å². The van der Waals surface area contributed by atoms with Gasteiger partial charge in [0.25, 0.3) is 0 Å². The smallest absolute Gasteiger partial charge is 0.313 e. The van der Waals surface area contributed by atoms with E-state index in [1.165, 1.54) is 10.5 Å². The zero-order chi connectivity index (χ0) is 18.3. The minimum atomic E-state index is -0.795. The molecule has 1 aromatic carbocycles. The van der Waals surface area contributed by atoms with Crippen molar-refractivity contribution in [2.75, 3.05) is 32.4 Å². The van der Waals surface area contributed by atoms with E-state index < -0.39 is 11.4 Å². The summed E-state index contributed by atoms with van der Waals surface area (Å²) in [5.74, 6) is -0.380. The minimum absolute atomic E-state index is 0.0350. The van der Waals surface area contributed by atoms with Crippen LogP contribution in [-0.4, -0.2) is 59.2 Å². The molecule has 140 valence electrons. The first kappa shape index (κ1) is 17.9. The highest BCUT2D eigenvalue weighted by Crippen LogP contribution is 2.44. The molecule has 2 aliphatic heterocycles. The van der Waals surface area contributed by atoms with Crippen LogP contribution in [0.5, 0.6) is 0 Å². The molecule has 1 unspecified atom stereocenters. The number of carbonyl (C=O) groups is 2. The number of nitrogens with zero attached hydrogens (tertiary/aromatic N) is 2. The largest absolute Gasteiger partial charge is 0.481 e. The lowest BCUT2D eigenvalue weighted by Gasteiger charge is -2.31. The van der Waals surface area contributed by atoms with Crippen LogP contribution in [0.2, 0.25) is 0 Å². The van der Waals surface area contributed by atoms with Crippen molar-refractivity contribution in [1.82, 2.24) is 9.80 Å². The zero-order valence-electron chi connectivity index (χ0n) is 15.2. The second-order valence-corrected chi connectivity index (χ2v) is 8.91. The Bertz CT molecular complexity index is 721. The van der Waals surface area contributed by atoms with Crippen LogP contribution in [0.15, 0.2) is 29.2 Å². The number of carbonyl (C=O) groups excluding carboxylic acids is 1. The van der Waals surface area contributed by atoms with E-state index in [0.29, 0.717) is 19.6 Å². The van der Waals surface area contributed by atoms with Gasteiger partial charge in [-0.2, -0.15) is 0 Å². The molecular weight excluding hydrogens is 348 g/mol. The molecule has 26 heavy (non-hydrogen) atoms. The van der Waals surface area contributed by atoms with Crippen LogP contribution in [0.4, 0.5) is 0 Å². The van der Waals surface area contributed by atoms with E-state index in [4.69, 9.17) is 0 Å². The van der Waals surface area contributed by atoms with Crippen molar-refractivity contribution in [2.24, 2.45) is 17.3 Å². The number of carboxylic acids is 1. The molecular formula is C20H26N2O3S. The Balaban J connectivity index is 1.46. The molecule has 4 rings (SSSR count). The van der Waals surface area contributed by atoms with Crippen molar-refractivity contribution in [1.29, 1.82) is 0 Å². The highest BCUT2D eigenvalue weighted by Gasteiger charge is 2.58. The Kier molecular flexibility index (Phi) is 4.73. The molecule has 1 amide bonds. The van der Waals surface area contributed by atoms with Crippen molar-refractivity contribution in [3.8, 4) is 0 Å². The normalized spacial score (nSPS) is 28.8. The third kappa shape index (κ3) is 3.03. The van der Waals surface area contributed by atoms with E-state index in [-0.39, 0.29) is 17.7 Å². The van der Waals surface area contributed by atoms with Crippen LogP contribution < -0.4 is 0 Å². The molecule has 6 heteroatoms. The molecule has 2 atom stereocenters. The summed E-state index contributed by atoms with van der Waals surface area (Å²) in [6, 6.07) is 8.44. The fourth-order valence-electron chi connectivity index (χ4n) is 4.70. The summed E-state index contributed by atoms with van der Waals surface area (Å²) in [4.78, 5) is 30.1. The summed E-state index contributed by atoms with van der Waals surface area (Å²) in [5.41, 5.74) is 0.427. The average molecular weight is 375 g/mol. The van der Waals surface area contributed by atoms with E-state index in [2.05, 4.69) is 35.4 Å². The van der Waals surface area contributed by atoms with E-state index in [1.54, 1.807) is 11.8 Å². The number of likely N-dealkylation sites (tertiary alicyclic amines) is 2. The quantitative estimate of drug-likeness (QED) is 0.803. The first-order chi connectivity index (χ1) is 12.5. The average Bonchev–Trinajstić information content (AvgIpc) is 3.08. The number of carboxylic acid groups (broad SMARTS) is 1. The van der Waals surface area contributed by atoms with E-state index >= 15 is 0 Å². The minimum Gasteiger partial charge on any atom is -0.481 e. The number of hydrogen-bond acceptors (Lipinski definition) is 4. The third-order valence-electron chi connectivity index (χ3n) is 6.41. The number of amides is 1. The zero-order valence-corrected chi connectivity index (χ0v) is 16.0. The van der Waals surface area contributed by atoms with E-state index in [1.807, 2.05) is 4.90 Å². The summed E-state index contributed by atoms with van der Waals surface area (Å²) < 4.78 is 0. The van der Waals surface area contributed by atoms with Crippen molar-refractivity contribution >= 4 is 23.6 Å². The standard InChI is InChI=1S/C20H26N2O3S/c1-26-17-7-2-4-14(8-17)9-21-10-16-11-22(18(23)15-5-3-6-15)13-20(16,12-21)19(24)25/h2,4,7-8,15-16H,3,5-6,9-13H2,1H3,(H,24,25)/t16?,20-/m0/s1. The molecule has 1 saturated carbocycles. The van der Waals surface area contributed by atoms with Gasteiger partial charge in [0.15, 0.2) is 0 Å². The Morgan fingerprint density at radius 3 is 2.69 bits per heavy atom. The highest BCUT2D eigenvalue weighted by molar-refractivity contribution is 7.98. The first-order valence-corrected chi connectivity index (χ1v) is 10.6. The molecule has 0 radical (unpaired) electrons. The van der Waals surface area contributed by atoms with Crippen LogP contribution in [0.1, 0.15) is 24.8 Å². The van der Waals surface area contributed by atoms with Gasteiger partial charge >= 0.3 is 5.97 Å². The number of fused-ring (bicyclic) bond motifs is 1. The van der Waals surface area contributed by atoms with Gasteiger partial charge in [0.2, 0.25) is 5.91 Å². The molecule has 0 spiro atoms. The lowest BCUT2D eigenvalue weighted by atomic mass is 9.81. The third-order valence-corrected chi connectivity index (χ3v) is 7.14. The molecule has 2 saturated heterocycles. The van der Waals surface area contributed by atoms with Gasteiger partial charge in [-0.25, -0.2) is 0 Å². The second kappa shape index (κ2) is 6.89. The molecule has 1 aromatic rings. The highest BCUT2D eigenvalue weighted by atomic mass is 32.2. The van der Waals surface area contributed by atoms with Crippen molar-refractivity contribution in [2.45, 2.75) is 30.7 Å². The van der Waals surface area contributed by atoms with Gasteiger partial charge in [-0.3, -0.25) is 14.5 Å². The molecule has 3 fully saturated rings. The number of thioether (sulfide) groups is 1. The maximum atomic E-state index is 12.6. The summed E-state index contributed by atoms with van der Waals surface area (Å²) in [7, 11) is 0. The summed E-state index contributed by atoms with van der Waals surface area (Å²) in [6.07, 6.45) is 5.13. The fourth-order valence-corrected chi connectivity index (χ4v) is 5.19. The van der Waals surface area contributed by atoms with Gasteiger partial charge in [0, 0.05) is 49.5 Å². The van der Waals surface area contributed by atoms with Crippen molar-refractivity contribution in [3.63, 3.8) is 0 Å². The Morgan fingerprint density at radius 2 is 2.08 bits per heavy atom. The molecule has 1 N–H and O–H groups in total. The Hall–Kier alpha value is -1.53. The van der Waals surface area contributed by atoms with Crippen LogP contribution in [0, 0.1) is 17.3 Å². The fraction of sp³-hybridized carbons (Fsp3) is 0.600. The molecule has 5 nitrogen and oxygen atoms in total. The van der Waals surface area contributed by atoms with E-state index in [9.17, 15) is 14.7 Å². The molecule has 0 bridgehead atoms. The predicted molar refractivity (Wildman–Crippen MR) is 101 cm³/mol. The monoisotopic (exact) mass is 374 g/mol. The van der Waals surface area contributed by atoms with Gasteiger partial charge in [0.1, 0.15) is 5.41 Å². The second-order valence-electron chi connectivity index (χ2n) is 8.03. The van der Waals surface area contributed by atoms with Crippen LogP contribution >= 0.6 is 11.8 Å². The summed E-state index contributed by atoms with van der Waals surface area (Å²) in [5, 5.41) is 9.98. The van der Waals surface area contributed by atoms with Crippen molar-refractivity contribution < 1.29 is 14.7 Å². The lowest BCUT2D eigenvalue weighted by molar-refractivity contribution is -0.149. The predicted octanol–water partition coefficient (Wildman–Crippen LogP) is 2.55. The number of hydrogen-bond donors (Lipinski definition) is 1. The van der Waals surface area contributed by atoms with Crippen molar-refractivity contribution in [3.05, 3.63) is 29.8 Å². The lowest BCUT2D eigenvalue weighted by Crippen LogP contribution is -2.44. The Labute approximate surface area is 158 Å². The maximum absolute atomic E-state index is 12.6. The number of aliphatic carboxylic acids is 1. The molecule has 1 aliphatic carbocycles. The van der Waals surface area contributed by atoms with Crippen LogP contribution in [0.25, 0.3) is 0 Å². The molecule has 0 aromatic heterocycles.